The zero-order valence-electron chi connectivity index (χ0n) is 10.9. The van der Waals surface area contributed by atoms with Crippen molar-refractivity contribution >= 4 is 5.97 Å². The smallest absolute Gasteiger partial charge is 0.358 e. The van der Waals surface area contributed by atoms with Crippen LogP contribution in [-0.2, 0) is 4.74 Å². The number of carboxylic acid groups (broad SMARTS) is 1. The number of carbonyl (C=O) groups is 1. The average Bonchev–Trinajstić information content (AvgIpc) is 2.94. The van der Waals surface area contributed by atoms with E-state index < -0.39 is 5.97 Å². The zero-order chi connectivity index (χ0) is 13.9. The molecule has 0 spiro atoms. The molecule has 0 atom stereocenters. The summed E-state index contributed by atoms with van der Waals surface area (Å²) < 4.78 is 7.08. The van der Waals surface area contributed by atoms with Crippen molar-refractivity contribution in [3.05, 3.63) is 36.0 Å². The number of hydrogen-bond donors (Lipinski definition) is 1. The van der Waals surface area contributed by atoms with E-state index in [9.17, 15) is 9.90 Å². The van der Waals surface area contributed by atoms with Crippen molar-refractivity contribution in [1.82, 2.24) is 15.0 Å². The standard InChI is InChI=1S/C14H15N3O3/c18-14(19)12-13(10-4-2-1-3-5-10)17(16-15-12)11-6-8-20-9-7-11/h1-5,11H,6-9H2,(H,18,19). The second kappa shape index (κ2) is 5.42. The minimum Gasteiger partial charge on any atom is -0.476 e. The van der Waals surface area contributed by atoms with Crippen LogP contribution in [0.4, 0.5) is 0 Å². The second-order valence-corrected chi connectivity index (χ2v) is 4.75. The van der Waals surface area contributed by atoms with Gasteiger partial charge in [-0.05, 0) is 12.8 Å². The van der Waals surface area contributed by atoms with E-state index in [0.29, 0.717) is 18.9 Å². The fourth-order valence-corrected chi connectivity index (χ4v) is 2.49. The molecule has 0 bridgehead atoms. The first-order valence-electron chi connectivity index (χ1n) is 6.59. The molecule has 1 fully saturated rings. The van der Waals surface area contributed by atoms with E-state index in [1.807, 2.05) is 30.3 Å². The Balaban J connectivity index is 2.08. The predicted molar refractivity (Wildman–Crippen MR) is 71.5 cm³/mol. The van der Waals surface area contributed by atoms with Crippen molar-refractivity contribution in [2.24, 2.45) is 0 Å². The number of nitrogens with zero attached hydrogens (tertiary/aromatic N) is 3. The summed E-state index contributed by atoms with van der Waals surface area (Å²) in [5.41, 5.74) is 1.40. The lowest BCUT2D eigenvalue weighted by molar-refractivity contribution is 0.0662. The summed E-state index contributed by atoms with van der Waals surface area (Å²) >= 11 is 0. The highest BCUT2D eigenvalue weighted by Crippen LogP contribution is 2.29. The van der Waals surface area contributed by atoms with Crippen LogP contribution in [0.25, 0.3) is 11.3 Å². The molecule has 2 heterocycles. The molecular weight excluding hydrogens is 258 g/mol. The van der Waals surface area contributed by atoms with Gasteiger partial charge in [0.25, 0.3) is 0 Å². The molecule has 0 amide bonds. The van der Waals surface area contributed by atoms with Gasteiger partial charge in [0.1, 0.15) is 5.69 Å². The van der Waals surface area contributed by atoms with E-state index in [-0.39, 0.29) is 11.7 Å². The minimum atomic E-state index is -1.05. The molecule has 0 saturated carbocycles. The fourth-order valence-electron chi connectivity index (χ4n) is 2.49. The lowest BCUT2D eigenvalue weighted by Crippen LogP contribution is -2.21. The minimum absolute atomic E-state index is 0.00249. The Kier molecular flexibility index (Phi) is 3.47. The molecule has 1 aliphatic heterocycles. The summed E-state index contributed by atoms with van der Waals surface area (Å²) in [7, 11) is 0. The Bertz CT molecular complexity index is 603. The molecule has 1 N–H and O–H groups in total. The van der Waals surface area contributed by atoms with Crippen molar-refractivity contribution in [3.63, 3.8) is 0 Å². The summed E-state index contributed by atoms with van der Waals surface area (Å²) in [4.78, 5) is 11.4. The molecule has 0 aliphatic carbocycles. The molecule has 1 aromatic heterocycles. The number of hydrogen-bond acceptors (Lipinski definition) is 4. The second-order valence-electron chi connectivity index (χ2n) is 4.75. The van der Waals surface area contributed by atoms with E-state index >= 15 is 0 Å². The molecule has 20 heavy (non-hydrogen) atoms. The van der Waals surface area contributed by atoms with E-state index in [0.717, 1.165) is 18.4 Å². The third kappa shape index (κ3) is 2.30. The number of aromatic nitrogens is 3. The number of benzene rings is 1. The van der Waals surface area contributed by atoms with E-state index in [4.69, 9.17) is 4.74 Å². The summed E-state index contributed by atoms with van der Waals surface area (Å²) in [6.07, 6.45) is 1.64. The Morgan fingerprint density at radius 3 is 2.60 bits per heavy atom. The molecule has 0 unspecified atom stereocenters. The lowest BCUT2D eigenvalue weighted by atomic mass is 10.1. The van der Waals surface area contributed by atoms with E-state index in [2.05, 4.69) is 10.3 Å². The summed E-state index contributed by atoms with van der Waals surface area (Å²) in [5, 5.41) is 17.2. The topological polar surface area (TPSA) is 77.2 Å². The highest BCUT2D eigenvalue weighted by atomic mass is 16.5. The van der Waals surface area contributed by atoms with E-state index in [1.165, 1.54) is 0 Å². The quantitative estimate of drug-likeness (QED) is 0.925. The van der Waals surface area contributed by atoms with E-state index in [1.54, 1.807) is 4.68 Å². The van der Waals surface area contributed by atoms with Gasteiger partial charge in [-0.2, -0.15) is 0 Å². The predicted octanol–water partition coefficient (Wildman–Crippen LogP) is 1.99. The SMILES string of the molecule is O=C(O)c1nnn(C2CCOCC2)c1-c1ccccc1. The highest BCUT2D eigenvalue weighted by Gasteiger charge is 2.26. The number of rotatable bonds is 3. The van der Waals surface area contributed by atoms with Crippen LogP contribution in [0, 0.1) is 0 Å². The number of carboxylic acids is 1. The molecule has 6 nitrogen and oxygen atoms in total. The van der Waals surface area contributed by atoms with Gasteiger partial charge in [0.2, 0.25) is 0 Å². The van der Waals surface area contributed by atoms with Crippen molar-refractivity contribution in [2.75, 3.05) is 13.2 Å². The Morgan fingerprint density at radius 1 is 1.25 bits per heavy atom. The van der Waals surface area contributed by atoms with Gasteiger partial charge >= 0.3 is 5.97 Å². The molecule has 2 aromatic rings. The molecule has 3 rings (SSSR count). The number of ether oxygens (including phenoxy) is 1. The lowest BCUT2D eigenvalue weighted by Gasteiger charge is -2.23. The third-order valence-electron chi connectivity index (χ3n) is 3.48. The van der Waals surface area contributed by atoms with Gasteiger partial charge in [-0.15, -0.1) is 5.10 Å². The van der Waals surface area contributed by atoms with Crippen LogP contribution in [-0.4, -0.2) is 39.3 Å². The molecule has 1 saturated heterocycles. The van der Waals surface area contributed by atoms with Gasteiger partial charge in [0.05, 0.1) is 6.04 Å². The molecule has 1 aliphatic rings. The first-order valence-corrected chi connectivity index (χ1v) is 6.59. The maximum Gasteiger partial charge on any atom is 0.358 e. The maximum absolute atomic E-state index is 11.4. The zero-order valence-corrected chi connectivity index (χ0v) is 10.9. The molecule has 6 heteroatoms. The maximum atomic E-state index is 11.4. The van der Waals surface area contributed by atoms with Crippen LogP contribution in [0.15, 0.2) is 30.3 Å². The first kappa shape index (κ1) is 12.8. The van der Waals surface area contributed by atoms with Gasteiger partial charge in [0.15, 0.2) is 5.69 Å². The number of aromatic carboxylic acids is 1. The molecule has 104 valence electrons. The van der Waals surface area contributed by atoms with Crippen molar-refractivity contribution in [1.29, 1.82) is 0 Å². The fraction of sp³-hybridized carbons (Fsp3) is 0.357. The molecular formula is C14H15N3O3. The largest absolute Gasteiger partial charge is 0.476 e. The van der Waals surface area contributed by atoms with Crippen LogP contribution in [0.5, 0.6) is 0 Å². The van der Waals surface area contributed by atoms with Crippen LogP contribution >= 0.6 is 0 Å². The Morgan fingerprint density at radius 2 is 1.95 bits per heavy atom. The van der Waals surface area contributed by atoms with Crippen LogP contribution < -0.4 is 0 Å². The van der Waals surface area contributed by atoms with Crippen LogP contribution in [0.1, 0.15) is 29.4 Å². The van der Waals surface area contributed by atoms with Crippen LogP contribution in [0.2, 0.25) is 0 Å². The summed E-state index contributed by atoms with van der Waals surface area (Å²) in [5.74, 6) is -1.05. The van der Waals surface area contributed by atoms with Crippen molar-refractivity contribution in [2.45, 2.75) is 18.9 Å². The highest BCUT2D eigenvalue weighted by molar-refractivity contribution is 5.92. The van der Waals surface area contributed by atoms with Crippen molar-refractivity contribution in [3.8, 4) is 11.3 Å². The van der Waals surface area contributed by atoms with Gasteiger partial charge in [-0.1, -0.05) is 35.5 Å². The first-order chi connectivity index (χ1) is 9.77. The average molecular weight is 273 g/mol. The van der Waals surface area contributed by atoms with Gasteiger partial charge in [0, 0.05) is 18.8 Å². The molecule has 0 radical (unpaired) electrons. The monoisotopic (exact) mass is 273 g/mol. The third-order valence-corrected chi connectivity index (χ3v) is 3.48. The molecule has 1 aromatic carbocycles. The van der Waals surface area contributed by atoms with Gasteiger partial charge in [-0.25, -0.2) is 9.48 Å². The Labute approximate surface area is 116 Å². The summed E-state index contributed by atoms with van der Waals surface area (Å²) in [6, 6.07) is 9.54. The van der Waals surface area contributed by atoms with Crippen LogP contribution in [0.3, 0.4) is 0 Å². The van der Waals surface area contributed by atoms with Gasteiger partial charge in [-0.3, -0.25) is 0 Å². The van der Waals surface area contributed by atoms with Crippen molar-refractivity contribution < 1.29 is 14.6 Å². The van der Waals surface area contributed by atoms with Gasteiger partial charge < -0.3 is 9.84 Å². The summed E-state index contributed by atoms with van der Waals surface area (Å²) in [6.45, 7) is 1.34. The normalized spacial score (nSPS) is 16.2. The Hall–Kier alpha value is -2.21.